The summed E-state index contributed by atoms with van der Waals surface area (Å²) in [5.74, 6) is -0.216. The van der Waals surface area contributed by atoms with Crippen LogP contribution in [0.4, 0.5) is 10.2 Å². The molecule has 3 rings (SSSR count). The van der Waals surface area contributed by atoms with Crippen molar-refractivity contribution < 1.29 is 14.0 Å². The number of amides is 1. The van der Waals surface area contributed by atoms with Gasteiger partial charge >= 0.3 is 0 Å². The zero-order valence-corrected chi connectivity index (χ0v) is 14.3. The van der Waals surface area contributed by atoms with Crippen molar-refractivity contribution in [3.63, 3.8) is 0 Å². The van der Waals surface area contributed by atoms with Gasteiger partial charge in [-0.25, -0.2) is 4.98 Å². The van der Waals surface area contributed by atoms with E-state index in [0.717, 1.165) is 0 Å². The van der Waals surface area contributed by atoms with Crippen LogP contribution in [0.25, 0.3) is 0 Å². The Labute approximate surface area is 146 Å². The van der Waals surface area contributed by atoms with Crippen LogP contribution >= 0.6 is 0 Å². The van der Waals surface area contributed by atoms with Crippen molar-refractivity contribution >= 4 is 17.5 Å². The van der Waals surface area contributed by atoms with E-state index in [1.54, 1.807) is 41.3 Å². The van der Waals surface area contributed by atoms with E-state index in [1.165, 1.54) is 13.0 Å². The number of carbonyl (C=O) groups is 2. The number of Topliss-reactive ketones (excluding diaryl/α,β-unsaturated/α-hetero) is 1. The lowest BCUT2D eigenvalue weighted by atomic mass is 10.0. The van der Waals surface area contributed by atoms with E-state index in [0.29, 0.717) is 36.6 Å². The third-order valence-electron chi connectivity index (χ3n) is 4.45. The molecule has 2 heterocycles. The molecule has 0 aliphatic carbocycles. The van der Waals surface area contributed by atoms with Gasteiger partial charge in [0.2, 0.25) is 5.95 Å². The van der Waals surface area contributed by atoms with E-state index in [1.807, 2.05) is 11.8 Å². The molecule has 1 aromatic carbocycles. The lowest BCUT2D eigenvalue weighted by Crippen LogP contribution is -2.54. The van der Waals surface area contributed by atoms with Crippen LogP contribution in [0.15, 0.2) is 42.5 Å². The molecule has 1 fully saturated rings. The Balaban J connectivity index is 1.77. The topological polar surface area (TPSA) is 53.5 Å². The van der Waals surface area contributed by atoms with Gasteiger partial charge in [-0.15, -0.1) is 0 Å². The number of benzene rings is 1. The lowest BCUT2D eigenvalue weighted by molar-refractivity contribution is 0.0721. The number of carbonyl (C=O) groups excluding carboxylic acids is 2. The molecule has 1 aromatic heterocycles. The second kappa shape index (κ2) is 7.01. The molecule has 0 spiro atoms. The quantitative estimate of drug-likeness (QED) is 0.636. The molecule has 0 bridgehead atoms. The minimum atomic E-state index is -0.515. The molecule has 25 heavy (non-hydrogen) atoms. The number of nitrogens with zero attached hydrogens (tertiary/aromatic N) is 3. The van der Waals surface area contributed by atoms with Gasteiger partial charge in [-0.3, -0.25) is 9.59 Å². The Morgan fingerprint density at radius 2 is 1.80 bits per heavy atom. The Morgan fingerprint density at radius 3 is 2.44 bits per heavy atom. The standard InChI is InChI=1S/C19H20FN3O2/c1-13-12-22(10-11-23(13)18-9-5-8-17(20)21-18)19(25)16-7-4-3-6-15(16)14(2)24/h3-9,13H,10-12H2,1-2H3. The van der Waals surface area contributed by atoms with E-state index in [4.69, 9.17) is 0 Å². The van der Waals surface area contributed by atoms with E-state index < -0.39 is 5.95 Å². The van der Waals surface area contributed by atoms with Crippen LogP contribution in [0.2, 0.25) is 0 Å². The molecule has 5 nitrogen and oxygen atoms in total. The number of rotatable bonds is 3. The molecule has 1 unspecified atom stereocenters. The molecule has 1 saturated heterocycles. The van der Waals surface area contributed by atoms with Gasteiger partial charge in [-0.1, -0.05) is 24.3 Å². The molecule has 1 aliphatic rings. The molecule has 2 aromatic rings. The molecule has 6 heteroatoms. The fourth-order valence-corrected chi connectivity index (χ4v) is 3.19. The van der Waals surface area contributed by atoms with Crippen molar-refractivity contribution in [3.8, 4) is 0 Å². The predicted molar refractivity (Wildman–Crippen MR) is 93.4 cm³/mol. The maximum Gasteiger partial charge on any atom is 0.254 e. The third-order valence-corrected chi connectivity index (χ3v) is 4.45. The van der Waals surface area contributed by atoms with E-state index in [-0.39, 0.29) is 17.7 Å². The van der Waals surface area contributed by atoms with Crippen LogP contribution in [0.5, 0.6) is 0 Å². The second-order valence-corrected chi connectivity index (χ2v) is 6.21. The van der Waals surface area contributed by atoms with Crippen molar-refractivity contribution in [2.75, 3.05) is 24.5 Å². The summed E-state index contributed by atoms with van der Waals surface area (Å²) in [6.45, 7) is 4.98. The van der Waals surface area contributed by atoms with Gasteiger partial charge in [0.1, 0.15) is 5.82 Å². The second-order valence-electron chi connectivity index (χ2n) is 6.21. The van der Waals surface area contributed by atoms with Crippen molar-refractivity contribution in [2.45, 2.75) is 19.9 Å². The zero-order chi connectivity index (χ0) is 18.0. The Kier molecular flexibility index (Phi) is 4.79. The predicted octanol–water partition coefficient (Wildman–Crippen LogP) is 2.77. The molecule has 130 valence electrons. The fraction of sp³-hybridized carbons (Fsp3) is 0.316. The van der Waals surface area contributed by atoms with Crippen molar-refractivity contribution in [3.05, 3.63) is 59.5 Å². The maximum absolute atomic E-state index is 13.4. The van der Waals surface area contributed by atoms with Gasteiger partial charge in [0.15, 0.2) is 5.78 Å². The Morgan fingerprint density at radius 1 is 1.08 bits per heavy atom. The third kappa shape index (κ3) is 3.52. The van der Waals surface area contributed by atoms with Gasteiger partial charge in [-0.05, 0) is 32.0 Å². The average molecular weight is 341 g/mol. The number of pyridine rings is 1. The summed E-state index contributed by atoms with van der Waals surface area (Å²) in [5, 5.41) is 0. The van der Waals surface area contributed by atoms with Crippen LogP contribution in [-0.2, 0) is 0 Å². The van der Waals surface area contributed by atoms with Gasteiger partial charge in [-0.2, -0.15) is 4.39 Å². The molecular formula is C19H20FN3O2. The number of ketones is 1. The highest BCUT2D eigenvalue weighted by Gasteiger charge is 2.29. The summed E-state index contributed by atoms with van der Waals surface area (Å²) in [6, 6.07) is 11.6. The number of halogens is 1. The molecule has 1 aliphatic heterocycles. The molecule has 0 saturated carbocycles. The van der Waals surface area contributed by atoms with Crippen LogP contribution in [0.3, 0.4) is 0 Å². The van der Waals surface area contributed by atoms with Crippen molar-refractivity contribution in [1.29, 1.82) is 0 Å². The summed E-state index contributed by atoms with van der Waals surface area (Å²) in [6.07, 6.45) is 0. The van der Waals surface area contributed by atoms with Crippen molar-refractivity contribution in [1.82, 2.24) is 9.88 Å². The Bertz CT molecular complexity index is 809. The average Bonchev–Trinajstić information content (AvgIpc) is 2.61. The van der Waals surface area contributed by atoms with Crippen LogP contribution < -0.4 is 4.90 Å². The minimum absolute atomic E-state index is 0.00325. The first-order valence-electron chi connectivity index (χ1n) is 8.26. The fourth-order valence-electron chi connectivity index (χ4n) is 3.19. The summed E-state index contributed by atoms with van der Waals surface area (Å²) in [7, 11) is 0. The summed E-state index contributed by atoms with van der Waals surface area (Å²) < 4.78 is 13.4. The number of hydrogen-bond donors (Lipinski definition) is 0. The minimum Gasteiger partial charge on any atom is -0.350 e. The lowest BCUT2D eigenvalue weighted by Gasteiger charge is -2.40. The van der Waals surface area contributed by atoms with Crippen LogP contribution in [-0.4, -0.2) is 47.3 Å². The number of hydrogen-bond acceptors (Lipinski definition) is 4. The molecule has 0 N–H and O–H groups in total. The van der Waals surface area contributed by atoms with Gasteiger partial charge < -0.3 is 9.80 Å². The monoisotopic (exact) mass is 341 g/mol. The van der Waals surface area contributed by atoms with E-state index >= 15 is 0 Å². The first-order valence-corrected chi connectivity index (χ1v) is 8.26. The normalized spacial score (nSPS) is 17.5. The summed E-state index contributed by atoms with van der Waals surface area (Å²) in [5.41, 5.74) is 0.869. The molecule has 1 amide bonds. The van der Waals surface area contributed by atoms with E-state index in [9.17, 15) is 14.0 Å². The number of aromatic nitrogens is 1. The van der Waals surface area contributed by atoms with Crippen LogP contribution in [0.1, 0.15) is 34.6 Å². The highest BCUT2D eigenvalue weighted by molar-refractivity contribution is 6.07. The molecule has 1 atom stereocenters. The first kappa shape index (κ1) is 17.1. The van der Waals surface area contributed by atoms with Gasteiger partial charge in [0.25, 0.3) is 5.91 Å². The van der Waals surface area contributed by atoms with Crippen molar-refractivity contribution in [2.24, 2.45) is 0 Å². The summed E-state index contributed by atoms with van der Waals surface area (Å²) in [4.78, 5) is 32.3. The maximum atomic E-state index is 13.4. The van der Waals surface area contributed by atoms with E-state index in [2.05, 4.69) is 4.98 Å². The number of anilines is 1. The molecular weight excluding hydrogens is 321 g/mol. The molecule has 0 radical (unpaired) electrons. The van der Waals surface area contributed by atoms with Gasteiger partial charge in [0.05, 0.1) is 5.56 Å². The highest BCUT2D eigenvalue weighted by Crippen LogP contribution is 2.21. The zero-order valence-electron chi connectivity index (χ0n) is 14.3. The SMILES string of the molecule is CC(=O)c1ccccc1C(=O)N1CCN(c2cccc(F)n2)C(C)C1. The first-order chi connectivity index (χ1) is 12.0. The van der Waals surface area contributed by atoms with Crippen LogP contribution in [0, 0.1) is 5.95 Å². The number of piperazine rings is 1. The Hall–Kier alpha value is -2.76. The van der Waals surface area contributed by atoms with Gasteiger partial charge in [0, 0.05) is 31.2 Å². The largest absolute Gasteiger partial charge is 0.350 e. The highest BCUT2D eigenvalue weighted by atomic mass is 19.1. The smallest absolute Gasteiger partial charge is 0.254 e. The summed E-state index contributed by atoms with van der Waals surface area (Å²) >= 11 is 0.